The van der Waals surface area contributed by atoms with Gasteiger partial charge in [0.25, 0.3) is 0 Å². The van der Waals surface area contributed by atoms with Crippen molar-refractivity contribution in [2.75, 3.05) is 0 Å². The molecule has 1 saturated carbocycles. The van der Waals surface area contributed by atoms with Gasteiger partial charge >= 0.3 is 0 Å². The molecule has 4 nitrogen and oxygen atoms in total. The fourth-order valence-corrected chi connectivity index (χ4v) is 2.41. The number of benzene rings is 1. The summed E-state index contributed by atoms with van der Waals surface area (Å²) in [5, 5.41) is 4.14. The molecule has 1 fully saturated rings. The summed E-state index contributed by atoms with van der Waals surface area (Å²) in [6, 6.07) is 15.8. The predicted molar refractivity (Wildman–Crippen MR) is 81.9 cm³/mol. The van der Waals surface area contributed by atoms with E-state index in [0.717, 1.165) is 12.1 Å². The molecule has 0 aliphatic heterocycles. The number of aromatic nitrogens is 1. The van der Waals surface area contributed by atoms with E-state index in [9.17, 15) is 4.79 Å². The predicted octanol–water partition coefficient (Wildman–Crippen LogP) is 2.73. The molecular formula is C17H17N3O. The fraction of sp³-hybridized carbons (Fsp3) is 0.235. The number of nitrogens with zero attached hydrogens (tertiary/aromatic N) is 2. The molecule has 2 aromatic rings. The molecule has 0 unspecified atom stereocenters. The fourth-order valence-electron chi connectivity index (χ4n) is 2.41. The first-order chi connectivity index (χ1) is 10.3. The highest BCUT2D eigenvalue weighted by atomic mass is 16.2. The summed E-state index contributed by atoms with van der Waals surface area (Å²) in [6.07, 6.45) is 2.61. The average molecular weight is 279 g/mol. The standard InChI is InChI=1S/C17H17N3O/c1-12(16-9-5-6-10-18-16)19-20-17(21)15-11-14(15)13-7-3-2-4-8-13/h2-10,14-15H,11H2,1H3,(H,20,21)/b19-12-/t14-,15+/m1/s1. The van der Waals surface area contributed by atoms with Gasteiger partial charge in [-0.05, 0) is 37.0 Å². The smallest absolute Gasteiger partial charge is 0.243 e. The highest BCUT2D eigenvalue weighted by Crippen LogP contribution is 2.47. The van der Waals surface area contributed by atoms with Crippen LogP contribution in [0.25, 0.3) is 0 Å². The summed E-state index contributed by atoms with van der Waals surface area (Å²) >= 11 is 0. The maximum atomic E-state index is 12.1. The van der Waals surface area contributed by atoms with Gasteiger partial charge in [0.1, 0.15) is 0 Å². The van der Waals surface area contributed by atoms with Crippen LogP contribution in [0.3, 0.4) is 0 Å². The van der Waals surface area contributed by atoms with E-state index in [-0.39, 0.29) is 11.8 Å². The number of carbonyl (C=O) groups excluding carboxylic acids is 1. The van der Waals surface area contributed by atoms with Gasteiger partial charge in [-0.1, -0.05) is 36.4 Å². The minimum absolute atomic E-state index is 0.0147. The highest BCUT2D eigenvalue weighted by Gasteiger charge is 2.43. The lowest BCUT2D eigenvalue weighted by Gasteiger charge is -2.02. The first kappa shape index (κ1) is 13.5. The van der Waals surface area contributed by atoms with Crippen LogP contribution in [0.2, 0.25) is 0 Å². The lowest BCUT2D eigenvalue weighted by Crippen LogP contribution is -2.21. The zero-order valence-corrected chi connectivity index (χ0v) is 11.9. The number of rotatable bonds is 4. The normalized spacial score (nSPS) is 20.9. The quantitative estimate of drug-likeness (QED) is 0.691. The van der Waals surface area contributed by atoms with Gasteiger partial charge < -0.3 is 0 Å². The maximum absolute atomic E-state index is 12.1. The number of hydrogen-bond donors (Lipinski definition) is 1. The van der Waals surface area contributed by atoms with Crippen molar-refractivity contribution < 1.29 is 4.79 Å². The number of nitrogens with one attached hydrogen (secondary N) is 1. The van der Waals surface area contributed by atoms with E-state index in [2.05, 4.69) is 27.6 Å². The van der Waals surface area contributed by atoms with Crippen LogP contribution >= 0.6 is 0 Å². The highest BCUT2D eigenvalue weighted by molar-refractivity contribution is 5.97. The van der Waals surface area contributed by atoms with E-state index in [1.165, 1.54) is 5.56 Å². The van der Waals surface area contributed by atoms with Gasteiger partial charge in [-0.3, -0.25) is 9.78 Å². The second kappa shape index (κ2) is 5.87. The van der Waals surface area contributed by atoms with Crippen LogP contribution in [0.1, 0.15) is 30.5 Å². The van der Waals surface area contributed by atoms with Gasteiger partial charge in [0.05, 0.1) is 11.4 Å². The van der Waals surface area contributed by atoms with Crippen LogP contribution in [0.15, 0.2) is 59.8 Å². The lowest BCUT2D eigenvalue weighted by molar-refractivity contribution is -0.122. The minimum Gasteiger partial charge on any atom is -0.273 e. The van der Waals surface area contributed by atoms with Crippen molar-refractivity contribution in [3.05, 3.63) is 66.0 Å². The maximum Gasteiger partial charge on any atom is 0.243 e. The number of hydrazone groups is 1. The van der Waals surface area contributed by atoms with Crippen molar-refractivity contribution >= 4 is 11.6 Å². The molecule has 1 aliphatic rings. The molecule has 21 heavy (non-hydrogen) atoms. The average Bonchev–Trinajstić information content (AvgIpc) is 3.35. The Hall–Kier alpha value is -2.49. The molecule has 2 atom stereocenters. The van der Waals surface area contributed by atoms with Crippen LogP contribution in [-0.2, 0) is 4.79 Å². The van der Waals surface area contributed by atoms with Crippen LogP contribution in [0.5, 0.6) is 0 Å². The topological polar surface area (TPSA) is 54.4 Å². The van der Waals surface area contributed by atoms with Gasteiger partial charge in [-0.2, -0.15) is 5.10 Å². The van der Waals surface area contributed by atoms with E-state index in [1.807, 2.05) is 43.3 Å². The van der Waals surface area contributed by atoms with Crippen molar-refractivity contribution in [1.82, 2.24) is 10.4 Å². The summed E-state index contributed by atoms with van der Waals surface area (Å²) < 4.78 is 0. The monoisotopic (exact) mass is 279 g/mol. The molecule has 0 saturated heterocycles. The van der Waals surface area contributed by atoms with E-state index in [4.69, 9.17) is 0 Å². The summed E-state index contributed by atoms with van der Waals surface area (Å²) in [5.74, 6) is 0.350. The van der Waals surface area contributed by atoms with Gasteiger partial charge in [0.2, 0.25) is 5.91 Å². The van der Waals surface area contributed by atoms with E-state index < -0.39 is 0 Å². The second-order valence-electron chi connectivity index (χ2n) is 5.25. The zero-order chi connectivity index (χ0) is 14.7. The Morgan fingerprint density at radius 2 is 1.95 bits per heavy atom. The molecule has 1 amide bonds. The summed E-state index contributed by atoms with van der Waals surface area (Å²) in [4.78, 5) is 16.3. The Bertz CT molecular complexity index is 652. The second-order valence-corrected chi connectivity index (χ2v) is 5.25. The van der Waals surface area contributed by atoms with Gasteiger partial charge in [0.15, 0.2) is 0 Å². The molecule has 1 aromatic heterocycles. The molecule has 4 heteroatoms. The molecule has 1 aromatic carbocycles. The Morgan fingerprint density at radius 3 is 2.67 bits per heavy atom. The Balaban J connectivity index is 1.59. The van der Waals surface area contributed by atoms with Crippen LogP contribution in [0.4, 0.5) is 0 Å². The Morgan fingerprint density at radius 1 is 1.19 bits per heavy atom. The Labute approximate surface area is 123 Å². The van der Waals surface area contributed by atoms with Crippen molar-refractivity contribution in [2.24, 2.45) is 11.0 Å². The third-order valence-electron chi connectivity index (χ3n) is 3.72. The Kier molecular flexibility index (Phi) is 3.77. The summed E-state index contributed by atoms with van der Waals surface area (Å²) in [5.41, 5.74) is 5.36. The largest absolute Gasteiger partial charge is 0.273 e. The molecule has 1 heterocycles. The molecule has 1 N–H and O–H groups in total. The first-order valence-electron chi connectivity index (χ1n) is 7.06. The number of carbonyl (C=O) groups is 1. The van der Waals surface area contributed by atoms with Crippen LogP contribution < -0.4 is 5.43 Å². The van der Waals surface area contributed by atoms with Crippen molar-refractivity contribution in [2.45, 2.75) is 19.3 Å². The van der Waals surface area contributed by atoms with Gasteiger partial charge in [-0.15, -0.1) is 0 Å². The third-order valence-corrected chi connectivity index (χ3v) is 3.72. The van der Waals surface area contributed by atoms with E-state index >= 15 is 0 Å². The number of hydrogen-bond acceptors (Lipinski definition) is 3. The summed E-state index contributed by atoms with van der Waals surface area (Å²) in [6.45, 7) is 1.84. The van der Waals surface area contributed by atoms with Gasteiger partial charge in [0, 0.05) is 12.1 Å². The number of pyridine rings is 1. The molecule has 0 radical (unpaired) electrons. The third kappa shape index (κ3) is 3.16. The first-order valence-corrected chi connectivity index (χ1v) is 7.06. The zero-order valence-electron chi connectivity index (χ0n) is 11.9. The molecule has 1 aliphatic carbocycles. The molecule has 0 bridgehead atoms. The molecule has 106 valence electrons. The minimum atomic E-state index is -0.0147. The van der Waals surface area contributed by atoms with Crippen LogP contribution in [-0.4, -0.2) is 16.6 Å². The van der Waals surface area contributed by atoms with Crippen LogP contribution in [0, 0.1) is 5.92 Å². The summed E-state index contributed by atoms with van der Waals surface area (Å²) in [7, 11) is 0. The van der Waals surface area contributed by atoms with Gasteiger partial charge in [-0.25, -0.2) is 5.43 Å². The number of amides is 1. The lowest BCUT2D eigenvalue weighted by atomic mass is 10.1. The van der Waals surface area contributed by atoms with Crippen molar-refractivity contribution in [3.8, 4) is 0 Å². The van der Waals surface area contributed by atoms with Crippen molar-refractivity contribution in [3.63, 3.8) is 0 Å². The molecule has 3 rings (SSSR count). The van der Waals surface area contributed by atoms with Crippen molar-refractivity contribution in [1.29, 1.82) is 0 Å². The molecule has 0 spiro atoms. The van der Waals surface area contributed by atoms with E-state index in [0.29, 0.717) is 11.6 Å². The van der Waals surface area contributed by atoms with E-state index in [1.54, 1.807) is 6.20 Å². The SMILES string of the molecule is C/C(=N/NC(=O)[C@H]1C[C@@H]1c1ccccc1)c1ccccn1. The molecular weight excluding hydrogens is 262 g/mol.